The number of rotatable bonds is 8. The van der Waals surface area contributed by atoms with Crippen molar-refractivity contribution >= 4 is 18.0 Å². The van der Waals surface area contributed by atoms with Gasteiger partial charge in [0.05, 0.1) is 18.6 Å². The number of fused-ring (bicyclic) bond motifs is 3. The first-order valence-electron chi connectivity index (χ1n) is 11.3. The smallest absolute Gasteiger partial charge is 0.407 e. The molecule has 2 amide bonds. The zero-order chi connectivity index (χ0) is 24.1. The van der Waals surface area contributed by atoms with Crippen molar-refractivity contribution in [2.24, 2.45) is 5.41 Å². The van der Waals surface area contributed by atoms with E-state index < -0.39 is 36.0 Å². The number of nitrogens with one attached hydrogen (secondary N) is 2. The van der Waals surface area contributed by atoms with Gasteiger partial charge < -0.3 is 30.3 Å². The highest BCUT2D eigenvalue weighted by Gasteiger charge is 2.42. The van der Waals surface area contributed by atoms with E-state index in [0.717, 1.165) is 22.3 Å². The van der Waals surface area contributed by atoms with Crippen molar-refractivity contribution < 1.29 is 34.1 Å². The van der Waals surface area contributed by atoms with E-state index in [1.807, 2.05) is 36.4 Å². The average Bonchev–Trinajstić information content (AvgIpc) is 3.18. The average molecular weight is 469 g/mol. The minimum absolute atomic E-state index is 0.0280. The minimum Gasteiger partial charge on any atom is -0.480 e. The highest BCUT2D eigenvalue weighted by molar-refractivity contribution is 5.88. The van der Waals surface area contributed by atoms with Crippen LogP contribution in [-0.4, -0.2) is 67.2 Å². The summed E-state index contributed by atoms with van der Waals surface area (Å²) in [6, 6.07) is 14.6. The molecule has 9 nitrogen and oxygen atoms in total. The van der Waals surface area contributed by atoms with Gasteiger partial charge in [-0.1, -0.05) is 48.5 Å². The molecule has 4 N–H and O–H groups in total. The molecule has 2 aromatic rings. The van der Waals surface area contributed by atoms with Gasteiger partial charge in [-0.25, -0.2) is 9.59 Å². The van der Waals surface area contributed by atoms with Gasteiger partial charge >= 0.3 is 12.1 Å². The van der Waals surface area contributed by atoms with Crippen LogP contribution in [0.5, 0.6) is 0 Å². The fourth-order valence-electron chi connectivity index (χ4n) is 4.64. The molecule has 180 valence electrons. The first-order valence-corrected chi connectivity index (χ1v) is 11.3. The van der Waals surface area contributed by atoms with Crippen LogP contribution in [0.1, 0.15) is 29.9 Å². The molecule has 1 saturated heterocycles. The Kier molecular flexibility index (Phi) is 7.14. The van der Waals surface area contributed by atoms with Gasteiger partial charge in [0, 0.05) is 19.1 Å². The van der Waals surface area contributed by atoms with E-state index in [0.29, 0.717) is 19.4 Å². The minimum atomic E-state index is -1.43. The SMILES string of the molecule is O=C(NCC1(C(=O)NC(CO)C(=O)O)CCCOC1)OCC1c2ccccc2-c2ccccc21. The predicted octanol–water partition coefficient (Wildman–Crippen LogP) is 1.88. The summed E-state index contributed by atoms with van der Waals surface area (Å²) in [6.07, 6.45) is 0.313. The molecule has 0 spiro atoms. The summed E-state index contributed by atoms with van der Waals surface area (Å²) in [6.45, 7) is -0.172. The molecule has 2 aromatic carbocycles. The summed E-state index contributed by atoms with van der Waals surface area (Å²) >= 11 is 0. The van der Waals surface area contributed by atoms with Gasteiger partial charge in [-0.15, -0.1) is 0 Å². The van der Waals surface area contributed by atoms with Crippen molar-refractivity contribution in [3.63, 3.8) is 0 Å². The van der Waals surface area contributed by atoms with E-state index in [1.54, 1.807) is 0 Å². The van der Waals surface area contributed by atoms with Gasteiger partial charge in [0.15, 0.2) is 0 Å². The second kappa shape index (κ2) is 10.2. The van der Waals surface area contributed by atoms with Gasteiger partial charge in [-0.3, -0.25) is 4.79 Å². The number of carbonyl (C=O) groups excluding carboxylic acids is 2. The summed E-state index contributed by atoms with van der Waals surface area (Å²) in [7, 11) is 0. The molecule has 34 heavy (non-hydrogen) atoms. The van der Waals surface area contributed by atoms with Crippen LogP contribution in [-0.2, 0) is 19.1 Å². The molecule has 2 aliphatic rings. The lowest BCUT2D eigenvalue weighted by Gasteiger charge is -2.36. The maximum Gasteiger partial charge on any atom is 0.407 e. The number of aliphatic carboxylic acids is 1. The van der Waals surface area contributed by atoms with Gasteiger partial charge in [0.25, 0.3) is 0 Å². The summed E-state index contributed by atoms with van der Waals surface area (Å²) in [5.41, 5.74) is 3.29. The largest absolute Gasteiger partial charge is 0.480 e. The standard InChI is InChI=1S/C25H28N2O7/c28-12-21(22(29)30)27-23(31)25(10-5-11-33-15-25)14-26-24(32)34-13-20-18-8-3-1-6-16(18)17-7-2-4-9-19(17)20/h1-4,6-9,20-21,28H,5,10-15H2,(H,26,32)(H,27,31)(H,29,30). The van der Waals surface area contributed by atoms with Crippen LogP contribution in [0.15, 0.2) is 48.5 Å². The van der Waals surface area contributed by atoms with E-state index in [2.05, 4.69) is 22.8 Å². The van der Waals surface area contributed by atoms with Crippen molar-refractivity contribution in [1.29, 1.82) is 0 Å². The molecule has 1 aliphatic heterocycles. The maximum absolute atomic E-state index is 12.9. The third-order valence-corrected chi connectivity index (χ3v) is 6.50. The molecular weight excluding hydrogens is 440 g/mol. The molecule has 2 atom stereocenters. The lowest BCUT2D eigenvalue weighted by atomic mass is 9.81. The Labute approximate surface area is 197 Å². The van der Waals surface area contributed by atoms with Crippen LogP contribution in [0.2, 0.25) is 0 Å². The number of carboxylic acids is 1. The Morgan fingerprint density at radius 2 is 1.74 bits per heavy atom. The highest BCUT2D eigenvalue weighted by atomic mass is 16.5. The lowest BCUT2D eigenvalue weighted by molar-refractivity contribution is -0.148. The number of aliphatic hydroxyl groups excluding tert-OH is 1. The van der Waals surface area contributed by atoms with E-state index in [4.69, 9.17) is 14.6 Å². The third-order valence-electron chi connectivity index (χ3n) is 6.50. The number of ether oxygens (including phenoxy) is 2. The summed E-state index contributed by atoms with van der Waals surface area (Å²) in [5.74, 6) is -2.02. The second-order valence-electron chi connectivity index (χ2n) is 8.66. The first kappa shape index (κ1) is 23.7. The monoisotopic (exact) mass is 468 g/mol. The molecule has 0 aromatic heterocycles. The second-order valence-corrected chi connectivity index (χ2v) is 8.66. The van der Waals surface area contributed by atoms with Crippen LogP contribution in [0.25, 0.3) is 11.1 Å². The molecule has 0 radical (unpaired) electrons. The van der Waals surface area contributed by atoms with Crippen molar-refractivity contribution in [1.82, 2.24) is 10.6 Å². The molecule has 1 fully saturated rings. The Morgan fingerprint density at radius 3 is 2.29 bits per heavy atom. The summed E-state index contributed by atoms with van der Waals surface area (Å²) in [4.78, 5) is 36.7. The Morgan fingerprint density at radius 1 is 1.09 bits per heavy atom. The molecule has 9 heteroatoms. The molecule has 1 aliphatic carbocycles. The fourth-order valence-corrected chi connectivity index (χ4v) is 4.64. The van der Waals surface area contributed by atoms with Crippen LogP contribution in [0, 0.1) is 5.41 Å². The van der Waals surface area contributed by atoms with E-state index in [1.165, 1.54) is 0 Å². The maximum atomic E-state index is 12.9. The van der Waals surface area contributed by atoms with E-state index in [-0.39, 0.29) is 25.7 Å². The zero-order valence-corrected chi connectivity index (χ0v) is 18.7. The number of carboxylic acid groups (broad SMARTS) is 1. The molecule has 2 unspecified atom stereocenters. The van der Waals surface area contributed by atoms with Crippen LogP contribution in [0.4, 0.5) is 4.79 Å². The van der Waals surface area contributed by atoms with Gasteiger partial charge in [0.2, 0.25) is 5.91 Å². The molecule has 4 rings (SSSR count). The third kappa shape index (κ3) is 4.76. The predicted molar refractivity (Wildman–Crippen MR) is 122 cm³/mol. The van der Waals surface area contributed by atoms with Crippen molar-refractivity contribution in [3.8, 4) is 11.1 Å². The van der Waals surface area contributed by atoms with Crippen LogP contribution >= 0.6 is 0 Å². The van der Waals surface area contributed by atoms with Crippen molar-refractivity contribution in [2.45, 2.75) is 24.8 Å². The van der Waals surface area contributed by atoms with Gasteiger partial charge in [-0.2, -0.15) is 0 Å². The Bertz CT molecular complexity index is 1020. The van der Waals surface area contributed by atoms with Crippen molar-refractivity contribution in [3.05, 3.63) is 59.7 Å². The summed E-state index contributed by atoms with van der Waals surface area (Å²) < 4.78 is 11.0. The van der Waals surface area contributed by atoms with Crippen LogP contribution in [0.3, 0.4) is 0 Å². The number of benzene rings is 2. The topological polar surface area (TPSA) is 134 Å². The fraction of sp³-hybridized carbons (Fsp3) is 0.400. The normalized spacial score (nSPS) is 20.0. The summed E-state index contributed by atoms with van der Waals surface area (Å²) in [5, 5.41) is 23.4. The quantitative estimate of drug-likeness (QED) is 0.465. The van der Waals surface area contributed by atoms with E-state index >= 15 is 0 Å². The van der Waals surface area contributed by atoms with Crippen LogP contribution < -0.4 is 10.6 Å². The lowest BCUT2D eigenvalue weighted by Crippen LogP contribution is -2.56. The first-order chi connectivity index (χ1) is 16.4. The highest BCUT2D eigenvalue weighted by Crippen LogP contribution is 2.44. The van der Waals surface area contributed by atoms with E-state index in [9.17, 15) is 19.5 Å². The number of aliphatic hydroxyl groups is 1. The Hall–Kier alpha value is -3.43. The molecule has 0 saturated carbocycles. The number of carbonyl (C=O) groups is 3. The number of hydrogen-bond acceptors (Lipinski definition) is 6. The molecule has 0 bridgehead atoms. The zero-order valence-electron chi connectivity index (χ0n) is 18.7. The Balaban J connectivity index is 1.39. The van der Waals surface area contributed by atoms with Crippen molar-refractivity contribution in [2.75, 3.05) is 33.0 Å². The van der Waals surface area contributed by atoms with Gasteiger partial charge in [0.1, 0.15) is 12.6 Å². The molecule has 1 heterocycles. The number of alkyl carbamates (subject to hydrolysis) is 1. The molecular formula is C25H28N2O7. The van der Waals surface area contributed by atoms with Gasteiger partial charge in [-0.05, 0) is 35.1 Å². The number of amides is 2. The number of hydrogen-bond donors (Lipinski definition) is 4.